The number of rotatable bonds is 0. The summed E-state index contributed by atoms with van der Waals surface area (Å²) in [6, 6.07) is 22.3. The third-order valence-corrected chi connectivity index (χ3v) is 2.95. The average Bonchev–Trinajstić information content (AvgIpc) is 2.55. The minimum absolute atomic E-state index is 0.245. The van der Waals surface area contributed by atoms with Crippen LogP contribution in [0.5, 0.6) is 17.2 Å². The Bertz CT molecular complexity index is 640. The first-order valence-electron chi connectivity index (χ1n) is 6.92. The van der Waals surface area contributed by atoms with Gasteiger partial charge in [-0.2, -0.15) is 0 Å². The number of halogens is 1. The van der Waals surface area contributed by atoms with E-state index >= 15 is 0 Å². The van der Waals surface area contributed by atoms with Gasteiger partial charge in [-0.1, -0.05) is 48.0 Å². The third-order valence-electron chi connectivity index (χ3n) is 2.70. The zero-order valence-electron chi connectivity index (χ0n) is 12.7. The Balaban J connectivity index is 0.000000173. The molecule has 4 heteroatoms. The summed E-state index contributed by atoms with van der Waals surface area (Å²) in [6.45, 7) is 1.87. The van der Waals surface area contributed by atoms with Crippen LogP contribution in [0.1, 0.15) is 5.56 Å². The van der Waals surface area contributed by atoms with Gasteiger partial charge in [0.1, 0.15) is 17.2 Å². The first kappa shape index (κ1) is 18.4. The zero-order valence-corrected chi connectivity index (χ0v) is 13.5. The number of hydrogen-bond acceptors (Lipinski definition) is 3. The fourth-order valence-corrected chi connectivity index (χ4v) is 1.56. The quantitative estimate of drug-likeness (QED) is 0.535. The van der Waals surface area contributed by atoms with Crippen LogP contribution in [0.15, 0.2) is 78.9 Å². The van der Waals surface area contributed by atoms with E-state index in [9.17, 15) is 0 Å². The van der Waals surface area contributed by atoms with E-state index in [2.05, 4.69) is 0 Å². The fourth-order valence-electron chi connectivity index (χ4n) is 1.43. The molecule has 120 valence electrons. The van der Waals surface area contributed by atoms with Crippen LogP contribution in [-0.4, -0.2) is 15.3 Å². The summed E-state index contributed by atoms with van der Waals surface area (Å²) in [5, 5.41) is 26.9. The maximum absolute atomic E-state index is 8.92. The molecule has 3 aromatic rings. The van der Waals surface area contributed by atoms with Gasteiger partial charge in [0, 0.05) is 5.02 Å². The summed E-state index contributed by atoms with van der Waals surface area (Å²) >= 11 is 5.50. The predicted molar refractivity (Wildman–Crippen MR) is 94.1 cm³/mol. The van der Waals surface area contributed by atoms with Crippen molar-refractivity contribution in [2.75, 3.05) is 0 Å². The highest BCUT2D eigenvalue weighted by Gasteiger charge is 1.87. The molecule has 23 heavy (non-hydrogen) atoms. The molecular weight excluding hydrogens is 312 g/mol. The molecule has 0 amide bonds. The molecule has 0 aliphatic rings. The van der Waals surface area contributed by atoms with Crippen LogP contribution >= 0.6 is 11.6 Å². The minimum atomic E-state index is 0.245. The fraction of sp³-hybridized carbons (Fsp3) is 0.0526. The normalized spacial score (nSPS) is 8.96. The predicted octanol–water partition coefficient (Wildman–Crippen LogP) is 5.14. The Morgan fingerprint density at radius 2 is 1.09 bits per heavy atom. The van der Waals surface area contributed by atoms with Gasteiger partial charge in [-0.25, -0.2) is 0 Å². The topological polar surface area (TPSA) is 60.7 Å². The Kier molecular flexibility index (Phi) is 8.11. The van der Waals surface area contributed by atoms with E-state index in [0.29, 0.717) is 16.5 Å². The van der Waals surface area contributed by atoms with E-state index in [1.54, 1.807) is 54.6 Å². The Labute approximate surface area is 141 Å². The number of aryl methyl sites for hydroxylation is 1. The van der Waals surface area contributed by atoms with Crippen LogP contribution in [0.2, 0.25) is 5.02 Å². The summed E-state index contributed by atoms with van der Waals surface area (Å²) < 4.78 is 0. The van der Waals surface area contributed by atoms with Crippen LogP contribution in [0.3, 0.4) is 0 Å². The molecule has 0 spiro atoms. The van der Waals surface area contributed by atoms with E-state index in [0.717, 1.165) is 5.56 Å². The number of benzene rings is 3. The van der Waals surface area contributed by atoms with Crippen LogP contribution in [0.4, 0.5) is 0 Å². The van der Waals surface area contributed by atoms with Crippen molar-refractivity contribution in [2.24, 2.45) is 0 Å². The van der Waals surface area contributed by atoms with Gasteiger partial charge in [0.25, 0.3) is 0 Å². The molecule has 0 fully saturated rings. The first-order chi connectivity index (χ1) is 11.0. The summed E-state index contributed by atoms with van der Waals surface area (Å²) in [5.74, 6) is 0.935. The smallest absolute Gasteiger partial charge is 0.118 e. The molecule has 3 rings (SSSR count). The molecule has 0 saturated heterocycles. The van der Waals surface area contributed by atoms with Crippen molar-refractivity contribution in [3.05, 3.63) is 89.4 Å². The van der Waals surface area contributed by atoms with Gasteiger partial charge in [-0.3, -0.25) is 0 Å². The van der Waals surface area contributed by atoms with Crippen molar-refractivity contribution in [1.82, 2.24) is 0 Å². The number of aromatic hydroxyl groups is 3. The number of phenolic OH excluding ortho intramolecular Hbond substituents is 3. The van der Waals surface area contributed by atoms with Crippen LogP contribution < -0.4 is 0 Å². The van der Waals surface area contributed by atoms with Gasteiger partial charge in [-0.05, 0) is 55.0 Å². The van der Waals surface area contributed by atoms with Crippen molar-refractivity contribution in [1.29, 1.82) is 0 Å². The Hall–Kier alpha value is -2.65. The molecule has 0 aliphatic carbocycles. The molecule has 3 aromatic carbocycles. The van der Waals surface area contributed by atoms with Crippen molar-refractivity contribution >= 4 is 11.6 Å². The van der Waals surface area contributed by atoms with Gasteiger partial charge in [0.2, 0.25) is 0 Å². The van der Waals surface area contributed by atoms with E-state index < -0.39 is 0 Å². The molecule has 3 nitrogen and oxygen atoms in total. The van der Waals surface area contributed by atoms with Crippen molar-refractivity contribution < 1.29 is 15.3 Å². The van der Waals surface area contributed by atoms with Crippen LogP contribution in [0, 0.1) is 6.92 Å². The highest BCUT2D eigenvalue weighted by atomic mass is 35.5. The largest absolute Gasteiger partial charge is 0.508 e. The average molecular weight is 331 g/mol. The summed E-state index contributed by atoms with van der Waals surface area (Å²) in [5.41, 5.74) is 0.924. The Morgan fingerprint density at radius 3 is 1.43 bits per heavy atom. The number of hydrogen-bond donors (Lipinski definition) is 3. The number of para-hydroxylation sites is 2. The van der Waals surface area contributed by atoms with Crippen LogP contribution in [-0.2, 0) is 0 Å². The molecule has 3 N–H and O–H groups in total. The minimum Gasteiger partial charge on any atom is -0.508 e. The molecule has 0 unspecified atom stereocenters. The Morgan fingerprint density at radius 1 is 0.609 bits per heavy atom. The molecule has 0 heterocycles. The second-order valence-corrected chi connectivity index (χ2v) is 5.03. The van der Waals surface area contributed by atoms with Crippen molar-refractivity contribution in [2.45, 2.75) is 6.92 Å². The highest BCUT2D eigenvalue weighted by molar-refractivity contribution is 6.30. The molecule has 0 atom stereocenters. The molecule has 0 aliphatic heterocycles. The summed E-state index contributed by atoms with van der Waals surface area (Å²) in [4.78, 5) is 0. The lowest BCUT2D eigenvalue weighted by molar-refractivity contribution is 0.471. The SMILES string of the molecule is Cc1ccccc1O.Oc1ccc(Cl)cc1.Oc1ccccc1. The third kappa shape index (κ3) is 8.39. The van der Waals surface area contributed by atoms with Gasteiger partial charge in [-0.15, -0.1) is 0 Å². The lowest BCUT2D eigenvalue weighted by atomic mass is 10.2. The van der Waals surface area contributed by atoms with Gasteiger partial charge < -0.3 is 15.3 Å². The van der Waals surface area contributed by atoms with E-state index in [1.807, 2.05) is 31.2 Å². The molecule has 0 aromatic heterocycles. The van der Waals surface area contributed by atoms with E-state index in [1.165, 1.54) is 0 Å². The molecular formula is C19H19ClO3. The monoisotopic (exact) mass is 330 g/mol. The maximum atomic E-state index is 8.92. The lowest BCUT2D eigenvalue weighted by Crippen LogP contribution is -1.68. The van der Waals surface area contributed by atoms with E-state index in [-0.39, 0.29) is 5.75 Å². The molecule has 0 saturated carbocycles. The summed E-state index contributed by atoms with van der Waals surface area (Å²) in [6.07, 6.45) is 0. The summed E-state index contributed by atoms with van der Waals surface area (Å²) in [7, 11) is 0. The second-order valence-electron chi connectivity index (χ2n) is 4.60. The molecule has 0 bridgehead atoms. The van der Waals surface area contributed by atoms with Gasteiger partial charge >= 0.3 is 0 Å². The van der Waals surface area contributed by atoms with E-state index in [4.69, 9.17) is 26.9 Å². The van der Waals surface area contributed by atoms with Crippen molar-refractivity contribution in [3.8, 4) is 17.2 Å². The molecule has 0 radical (unpaired) electrons. The first-order valence-corrected chi connectivity index (χ1v) is 7.30. The van der Waals surface area contributed by atoms with Gasteiger partial charge in [0.05, 0.1) is 0 Å². The number of phenols is 3. The zero-order chi connectivity index (χ0) is 17.1. The van der Waals surface area contributed by atoms with Crippen LogP contribution in [0.25, 0.3) is 0 Å². The van der Waals surface area contributed by atoms with Crippen molar-refractivity contribution in [3.63, 3.8) is 0 Å². The standard InChI is InChI=1S/C7H8O.C6H5ClO.C6H6O/c1-6-4-2-3-5-7(6)8;7-5-1-3-6(8)4-2-5;7-6-4-2-1-3-5-6/h2-5,8H,1H3;1-4,8H;1-5,7H. The van der Waals surface area contributed by atoms with Gasteiger partial charge in [0.15, 0.2) is 0 Å². The second kappa shape index (κ2) is 10.1. The highest BCUT2D eigenvalue weighted by Crippen LogP contribution is 2.13. The maximum Gasteiger partial charge on any atom is 0.118 e. The lowest BCUT2D eigenvalue weighted by Gasteiger charge is -1.92.